The minimum atomic E-state index is -0.561. The van der Waals surface area contributed by atoms with Gasteiger partial charge in [0.25, 0.3) is 0 Å². The molecule has 0 spiro atoms. The molecule has 17 heavy (non-hydrogen) atoms. The van der Waals surface area contributed by atoms with E-state index in [9.17, 15) is 9.50 Å². The zero-order valence-electron chi connectivity index (χ0n) is 9.79. The molecule has 2 heterocycles. The fourth-order valence-corrected chi connectivity index (χ4v) is 2.53. The van der Waals surface area contributed by atoms with Gasteiger partial charge in [-0.25, -0.2) is 9.37 Å². The number of aliphatic hydroxyl groups excluding tert-OH is 1. The van der Waals surface area contributed by atoms with Gasteiger partial charge in [-0.05, 0) is 43.9 Å². The second-order valence-corrected chi connectivity index (χ2v) is 4.60. The zero-order valence-corrected chi connectivity index (χ0v) is 9.79. The highest BCUT2D eigenvalue weighted by Gasteiger charge is 2.26. The first kappa shape index (κ1) is 10.6. The first-order valence-corrected chi connectivity index (χ1v) is 5.72. The Morgan fingerprint density at radius 2 is 2.06 bits per heavy atom. The zero-order chi connectivity index (χ0) is 12.2. The van der Waals surface area contributed by atoms with Crippen LogP contribution in [0.3, 0.4) is 0 Å². The Labute approximate surface area is 98.3 Å². The van der Waals surface area contributed by atoms with Crippen molar-refractivity contribution in [2.75, 3.05) is 0 Å². The Bertz CT molecular complexity index is 625. The SMILES string of the molecule is Cc1cc(F)c2nc3c(c(C)c2n1)CCC3O. The molecule has 0 bridgehead atoms. The Morgan fingerprint density at radius 3 is 2.82 bits per heavy atom. The monoisotopic (exact) mass is 232 g/mol. The van der Waals surface area contributed by atoms with E-state index in [0.29, 0.717) is 23.3 Å². The summed E-state index contributed by atoms with van der Waals surface area (Å²) < 4.78 is 13.8. The highest BCUT2D eigenvalue weighted by Crippen LogP contribution is 2.34. The molecule has 0 aliphatic heterocycles. The van der Waals surface area contributed by atoms with Gasteiger partial charge in [0, 0.05) is 5.69 Å². The minimum absolute atomic E-state index is 0.271. The molecule has 0 amide bonds. The maximum absolute atomic E-state index is 13.8. The first-order valence-electron chi connectivity index (χ1n) is 5.72. The van der Waals surface area contributed by atoms with Gasteiger partial charge in [0.15, 0.2) is 5.82 Å². The third-order valence-electron chi connectivity index (χ3n) is 3.41. The number of aliphatic hydroxyl groups is 1. The van der Waals surface area contributed by atoms with Crippen molar-refractivity contribution in [3.05, 3.63) is 34.4 Å². The number of fused-ring (bicyclic) bond motifs is 2. The Kier molecular flexibility index (Phi) is 2.16. The molecular weight excluding hydrogens is 219 g/mol. The fraction of sp³-hybridized carbons (Fsp3) is 0.385. The molecule has 88 valence electrons. The van der Waals surface area contributed by atoms with Crippen molar-refractivity contribution in [3.63, 3.8) is 0 Å². The number of hydrogen-bond acceptors (Lipinski definition) is 3. The molecule has 3 rings (SSSR count). The number of pyridine rings is 2. The van der Waals surface area contributed by atoms with E-state index in [1.807, 2.05) is 6.92 Å². The summed E-state index contributed by atoms with van der Waals surface area (Å²) in [6.45, 7) is 3.69. The van der Waals surface area contributed by atoms with Crippen molar-refractivity contribution >= 4 is 11.0 Å². The van der Waals surface area contributed by atoms with E-state index in [4.69, 9.17) is 0 Å². The molecule has 4 heteroatoms. The van der Waals surface area contributed by atoms with E-state index in [-0.39, 0.29) is 11.3 Å². The van der Waals surface area contributed by atoms with Crippen LogP contribution >= 0.6 is 0 Å². The van der Waals surface area contributed by atoms with Crippen molar-refractivity contribution in [3.8, 4) is 0 Å². The predicted octanol–water partition coefficient (Wildman–Crippen LogP) is 2.37. The van der Waals surface area contributed by atoms with Crippen LogP contribution in [0.5, 0.6) is 0 Å². The number of hydrogen-bond donors (Lipinski definition) is 1. The van der Waals surface area contributed by atoms with Crippen LogP contribution in [-0.2, 0) is 6.42 Å². The predicted molar refractivity (Wildman–Crippen MR) is 62.3 cm³/mol. The van der Waals surface area contributed by atoms with Crippen molar-refractivity contribution < 1.29 is 9.50 Å². The molecule has 1 atom stereocenters. The van der Waals surface area contributed by atoms with Crippen LogP contribution in [-0.4, -0.2) is 15.1 Å². The maximum atomic E-state index is 13.8. The van der Waals surface area contributed by atoms with Crippen LogP contribution in [0.25, 0.3) is 11.0 Å². The fourth-order valence-electron chi connectivity index (χ4n) is 2.53. The summed E-state index contributed by atoms with van der Waals surface area (Å²) in [5.74, 6) is -0.363. The second-order valence-electron chi connectivity index (χ2n) is 4.60. The van der Waals surface area contributed by atoms with Crippen LogP contribution in [0.2, 0.25) is 0 Å². The van der Waals surface area contributed by atoms with Crippen LogP contribution < -0.4 is 0 Å². The van der Waals surface area contributed by atoms with Gasteiger partial charge in [-0.3, -0.25) is 4.98 Å². The summed E-state index contributed by atoms with van der Waals surface area (Å²) in [4.78, 5) is 8.61. The second kappa shape index (κ2) is 3.47. The van der Waals surface area contributed by atoms with Gasteiger partial charge in [-0.2, -0.15) is 0 Å². The average Bonchev–Trinajstić information content (AvgIpc) is 2.63. The molecule has 0 aromatic carbocycles. The minimum Gasteiger partial charge on any atom is -0.387 e. The molecule has 1 unspecified atom stereocenters. The van der Waals surface area contributed by atoms with Crippen molar-refractivity contribution in [1.29, 1.82) is 0 Å². The molecule has 2 aromatic heterocycles. The van der Waals surface area contributed by atoms with Crippen molar-refractivity contribution in [2.24, 2.45) is 0 Å². The maximum Gasteiger partial charge on any atom is 0.152 e. The lowest BCUT2D eigenvalue weighted by atomic mass is 10.1. The molecule has 1 N–H and O–H groups in total. The first-order chi connectivity index (χ1) is 8.08. The summed E-state index contributed by atoms with van der Waals surface area (Å²) in [5.41, 5.74) is 4.15. The van der Waals surface area contributed by atoms with Gasteiger partial charge in [0.1, 0.15) is 5.52 Å². The number of halogens is 1. The van der Waals surface area contributed by atoms with Crippen LogP contribution in [0.4, 0.5) is 4.39 Å². The van der Waals surface area contributed by atoms with Gasteiger partial charge in [-0.15, -0.1) is 0 Å². The van der Waals surface area contributed by atoms with Gasteiger partial charge in [0.05, 0.1) is 17.3 Å². The van der Waals surface area contributed by atoms with Gasteiger partial charge in [0.2, 0.25) is 0 Å². The smallest absolute Gasteiger partial charge is 0.152 e. The molecule has 1 aliphatic rings. The number of nitrogens with zero attached hydrogens (tertiary/aromatic N) is 2. The molecular formula is C13H13FN2O. The lowest BCUT2D eigenvalue weighted by Gasteiger charge is -2.10. The molecule has 1 aliphatic carbocycles. The van der Waals surface area contributed by atoms with Crippen LogP contribution in [0.1, 0.15) is 35.0 Å². The van der Waals surface area contributed by atoms with E-state index in [2.05, 4.69) is 9.97 Å². The van der Waals surface area contributed by atoms with Gasteiger partial charge in [-0.1, -0.05) is 0 Å². The highest BCUT2D eigenvalue weighted by atomic mass is 19.1. The summed E-state index contributed by atoms with van der Waals surface area (Å²) >= 11 is 0. The Hall–Kier alpha value is -1.55. The normalized spacial score (nSPS) is 18.7. The third-order valence-corrected chi connectivity index (χ3v) is 3.41. The van der Waals surface area contributed by atoms with Crippen LogP contribution in [0.15, 0.2) is 6.07 Å². The lowest BCUT2D eigenvalue weighted by Crippen LogP contribution is -2.02. The summed E-state index contributed by atoms with van der Waals surface area (Å²) in [6.07, 6.45) is 0.900. The Balaban J connectivity index is 2.44. The standard InChI is InChI=1S/C13H13FN2O/c1-6-5-9(14)13-11(15-6)7(2)8-3-4-10(17)12(8)16-13/h5,10,17H,3-4H2,1-2H3. The lowest BCUT2D eigenvalue weighted by molar-refractivity contribution is 0.176. The number of aryl methyl sites for hydroxylation is 2. The molecule has 0 saturated carbocycles. The molecule has 0 radical (unpaired) electrons. The van der Waals surface area contributed by atoms with E-state index in [1.165, 1.54) is 6.07 Å². The van der Waals surface area contributed by atoms with Crippen molar-refractivity contribution in [1.82, 2.24) is 9.97 Å². The quantitative estimate of drug-likeness (QED) is 0.758. The van der Waals surface area contributed by atoms with Gasteiger partial charge < -0.3 is 5.11 Å². The molecule has 0 saturated heterocycles. The topological polar surface area (TPSA) is 46.0 Å². The summed E-state index contributed by atoms with van der Waals surface area (Å²) in [5, 5.41) is 9.81. The molecule has 2 aromatic rings. The van der Waals surface area contributed by atoms with E-state index in [1.54, 1.807) is 6.92 Å². The third kappa shape index (κ3) is 1.44. The van der Waals surface area contributed by atoms with Gasteiger partial charge >= 0.3 is 0 Å². The largest absolute Gasteiger partial charge is 0.387 e. The van der Waals surface area contributed by atoms with Crippen molar-refractivity contribution in [2.45, 2.75) is 32.8 Å². The average molecular weight is 232 g/mol. The van der Waals surface area contributed by atoms with Crippen LogP contribution in [0, 0.1) is 19.7 Å². The number of aromatic nitrogens is 2. The molecule has 3 nitrogen and oxygen atoms in total. The highest BCUT2D eigenvalue weighted by molar-refractivity contribution is 5.80. The van der Waals surface area contributed by atoms with E-state index >= 15 is 0 Å². The Morgan fingerprint density at radius 1 is 1.29 bits per heavy atom. The summed E-state index contributed by atoms with van der Waals surface area (Å²) in [6, 6.07) is 1.38. The molecule has 0 fully saturated rings. The summed E-state index contributed by atoms with van der Waals surface area (Å²) in [7, 11) is 0. The van der Waals surface area contributed by atoms with E-state index in [0.717, 1.165) is 17.5 Å². The van der Waals surface area contributed by atoms with E-state index < -0.39 is 6.10 Å². The number of rotatable bonds is 0.